The summed E-state index contributed by atoms with van der Waals surface area (Å²) in [4.78, 5) is 22.2. The Morgan fingerprint density at radius 2 is 2.08 bits per heavy atom. The first-order valence-corrected chi connectivity index (χ1v) is 4.28. The third kappa shape index (κ3) is 1.13. The van der Waals surface area contributed by atoms with Crippen LogP contribution in [-0.2, 0) is 14.3 Å². The minimum Gasteiger partial charge on any atom is -0.393 e. The SMILES string of the molecule is CCC1(C(C)C)CC(=O)OC1=O. The van der Waals surface area contributed by atoms with Gasteiger partial charge in [-0.25, -0.2) is 0 Å². The van der Waals surface area contributed by atoms with E-state index in [0.717, 1.165) is 0 Å². The smallest absolute Gasteiger partial charge is 0.320 e. The molecule has 68 valence electrons. The Morgan fingerprint density at radius 1 is 1.50 bits per heavy atom. The van der Waals surface area contributed by atoms with Gasteiger partial charge in [0.1, 0.15) is 0 Å². The van der Waals surface area contributed by atoms with E-state index in [4.69, 9.17) is 0 Å². The molecule has 1 fully saturated rings. The molecule has 3 heteroatoms. The molecule has 0 amide bonds. The molecule has 1 rings (SSSR count). The van der Waals surface area contributed by atoms with Crippen LogP contribution in [-0.4, -0.2) is 11.9 Å². The standard InChI is InChI=1S/C9H14O3/c1-4-9(6(2)3)5-7(10)12-8(9)11/h6H,4-5H2,1-3H3. The van der Waals surface area contributed by atoms with Crippen molar-refractivity contribution in [2.24, 2.45) is 11.3 Å². The van der Waals surface area contributed by atoms with Gasteiger partial charge in [-0.1, -0.05) is 20.8 Å². The number of cyclic esters (lactones) is 2. The lowest BCUT2D eigenvalue weighted by Gasteiger charge is -2.25. The average molecular weight is 170 g/mol. The van der Waals surface area contributed by atoms with Crippen molar-refractivity contribution in [3.05, 3.63) is 0 Å². The molecule has 1 aliphatic heterocycles. The molecule has 1 aliphatic rings. The number of esters is 2. The zero-order valence-corrected chi connectivity index (χ0v) is 7.72. The fraction of sp³-hybridized carbons (Fsp3) is 0.778. The lowest BCUT2D eigenvalue weighted by atomic mass is 9.74. The molecule has 0 aromatic heterocycles. The highest BCUT2D eigenvalue weighted by Gasteiger charge is 2.49. The lowest BCUT2D eigenvalue weighted by Crippen LogP contribution is -2.31. The molecule has 0 aliphatic carbocycles. The second-order valence-electron chi connectivity index (χ2n) is 3.60. The van der Waals surface area contributed by atoms with Crippen LogP contribution in [0.5, 0.6) is 0 Å². The monoisotopic (exact) mass is 170 g/mol. The van der Waals surface area contributed by atoms with Crippen molar-refractivity contribution < 1.29 is 14.3 Å². The lowest BCUT2D eigenvalue weighted by molar-refractivity contribution is -0.156. The molecule has 0 saturated carbocycles. The van der Waals surface area contributed by atoms with Crippen molar-refractivity contribution in [3.8, 4) is 0 Å². The van der Waals surface area contributed by atoms with Crippen LogP contribution in [0.15, 0.2) is 0 Å². The van der Waals surface area contributed by atoms with E-state index in [1.807, 2.05) is 20.8 Å². The Balaban J connectivity index is 2.94. The highest BCUT2D eigenvalue weighted by Crippen LogP contribution is 2.41. The van der Waals surface area contributed by atoms with Gasteiger partial charge in [-0.15, -0.1) is 0 Å². The maximum atomic E-state index is 11.3. The van der Waals surface area contributed by atoms with Crippen LogP contribution in [0.25, 0.3) is 0 Å². The number of hydrogen-bond acceptors (Lipinski definition) is 3. The molecule has 0 radical (unpaired) electrons. The highest BCUT2D eigenvalue weighted by molar-refractivity contribution is 5.97. The summed E-state index contributed by atoms with van der Waals surface area (Å²) < 4.78 is 4.55. The Labute approximate surface area is 72.1 Å². The summed E-state index contributed by atoms with van der Waals surface area (Å²) in [5.41, 5.74) is -0.545. The summed E-state index contributed by atoms with van der Waals surface area (Å²) in [6.45, 7) is 5.81. The molecule has 0 N–H and O–H groups in total. The second-order valence-corrected chi connectivity index (χ2v) is 3.60. The zero-order valence-electron chi connectivity index (χ0n) is 7.72. The van der Waals surface area contributed by atoms with E-state index in [0.29, 0.717) is 6.42 Å². The van der Waals surface area contributed by atoms with Crippen molar-refractivity contribution in [1.82, 2.24) is 0 Å². The summed E-state index contributed by atoms with van der Waals surface area (Å²) in [5.74, 6) is -0.554. The normalized spacial score (nSPS) is 29.7. The van der Waals surface area contributed by atoms with Crippen molar-refractivity contribution >= 4 is 11.9 Å². The summed E-state index contributed by atoms with van der Waals surface area (Å²) >= 11 is 0. The third-order valence-corrected chi connectivity index (χ3v) is 2.81. The molecule has 1 saturated heterocycles. The molecule has 3 nitrogen and oxygen atoms in total. The van der Waals surface area contributed by atoms with Gasteiger partial charge in [-0.3, -0.25) is 9.59 Å². The van der Waals surface area contributed by atoms with Crippen LogP contribution in [0.4, 0.5) is 0 Å². The largest absolute Gasteiger partial charge is 0.393 e. The van der Waals surface area contributed by atoms with Crippen LogP contribution in [0.1, 0.15) is 33.6 Å². The molecular formula is C9H14O3. The van der Waals surface area contributed by atoms with Gasteiger partial charge >= 0.3 is 11.9 Å². The molecule has 1 atom stereocenters. The number of ether oxygens (including phenoxy) is 1. The van der Waals surface area contributed by atoms with E-state index in [9.17, 15) is 9.59 Å². The van der Waals surface area contributed by atoms with E-state index in [1.54, 1.807) is 0 Å². The first kappa shape index (κ1) is 9.23. The number of rotatable bonds is 2. The Bertz CT molecular complexity index is 220. The van der Waals surface area contributed by atoms with Crippen molar-refractivity contribution in [2.45, 2.75) is 33.6 Å². The molecule has 0 bridgehead atoms. The number of carbonyl (C=O) groups is 2. The van der Waals surface area contributed by atoms with Gasteiger partial charge in [0.2, 0.25) is 0 Å². The van der Waals surface area contributed by atoms with Crippen LogP contribution in [0, 0.1) is 11.3 Å². The summed E-state index contributed by atoms with van der Waals surface area (Å²) in [6.07, 6.45) is 0.926. The quantitative estimate of drug-likeness (QED) is 0.466. The van der Waals surface area contributed by atoms with Crippen molar-refractivity contribution in [3.63, 3.8) is 0 Å². The van der Waals surface area contributed by atoms with Gasteiger partial charge in [0, 0.05) is 0 Å². The van der Waals surface area contributed by atoms with Gasteiger partial charge in [0.15, 0.2) is 0 Å². The second kappa shape index (κ2) is 2.88. The molecular weight excluding hydrogens is 156 g/mol. The van der Waals surface area contributed by atoms with Crippen LogP contribution < -0.4 is 0 Å². The summed E-state index contributed by atoms with van der Waals surface area (Å²) in [7, 11) is 0. The van der Waals surface area contributed by atoms with Crippen LogP contribution >= 0.6 is 0 Å². The van der Waals surface area contributed by atoms with E-state index in [2.05, 4.69) is 4.74 Å². The molecule has 1 unspecified atom stereocenters. The first-order valence-electron chi connectivity index (χ1n) is 4.28. The molecule has 1 heterocycles. The molecule has 0 aromatic carbocycles. The fourth-order valence-electron chi connectivity index (χ4n) is 1.69. The number of carbonyl (C=O) groups excluding carboxylic acids is 2. The molecule has 12 heavy (non-hydrogen) atoms. The van der Waals surface area contributed by atoms with Gasteiger partial charge in [-0.2, -0.15) is 0 Å². The first-order chi connectivity index (χ1) is 5.53. The maximum absolute atomic E-state index is 11.3. The van der Waals surface area contributed by atoms with E-state index >= 15 is 0 Å². The topological polar surface area (TPSA) is 43.4 Å². The average Bonchev–Trinajstić information content (AvgIpc) is 2.26. The van der Waals surface area contributed by atoms with Gasteiger partial charge < -0.3 is 4.74 Å². The number of hydrogen-bond donors (Lipinski definition) is 0. The van der Waals surface area contributed by atoms with Crippen LogP contribution in [0.3, 0.4) is 0 Å². The van der Waals surface area contributed by atoms with Gasteiger partial charge in [0.25, 0.3) is 0 Å². The zero-order chi connectivity index (χ0) is 9.35. The van der Waals surface area contributed by atoms with Crippen molar-refractivity contribution in [1.29, 1.82) is 0 Å². The van der Waals surface area contributed by atoms with E-state index < -0.39 is 5.41 Å². The Morgan fingerprint density at radius 3 is 2.25 bits per heavy atom. The Kier molecular flexibility index (Phi) is 2.22. The summed E-state index contributed by atoms with van der Waals surface area (Å²) in [5, 5.41) is 0. The fourth-order valence-corrected chi connectivity index (χ4v) is 1.69. The minimum absolute atomic E-state index is 0.168. The van der Waals surface area contributed by atoms with Gasteiger partial charge in [0.05, 0.1) is 11.8 Å². The molecule has 0 aromatic rings. The third-order valence-electron chi connectivity index (χ3n) is 2.81. The highest BCUT2D eigenvalue weighted by atomic mass is 16.6. The minimum atomic E-state index is -0.545. The summed E-state index contributed by atoms with van der Waals surface area (Å²) in [6, 6.07) is 0. The maximum Gasteiger partial charge on any atom is 0.320 e. The van der Waals surface area contributed by atoms with Crippen molar-refractivity contribution in [2.75, 3.05) is 0 Å². The van der Waals surface area contributed by atoms with Crippen LogP contribution in [0.2, 0.25) is 0 Å². The predicted molar refractivity (Wildman–Crippen MR) is 43.3 cm³/mol. The van der Waals surface area contributed by atoms with Gasteiger partial charge in [-0.05, 0) is 12.3 Å². The molecule has 0 spiro atoms. The predicted octanol–water partition coefficient (Wildman–Crippen LogP) is 1.51. The van der Waals surface area contributed by atoms with E-state index in [-0.39, 0.29) is 24.3 Å². The van der Waals surface area contributed by atoms with E-state index in [1.165, 1.54) is 0 Å². The Hall–Kier alpha value is -0.860.